The van der Waals surface area contributed by atoms with Crippen molar-refractivity contribution in [3.05, 3.63) is 65.0 Å². The number of ether oxygens (including phenoxy) is 1. The Hall–Kier alpha value is -2.80. The number of amides is 1. The summed E-state index contributed by atoms with van der Waals surface area (Å²) < 4.78 is 7.66. The molecule has 0 saturated heterocycles. The zero-order valence-corrected chi connectivity index (χ0v) is 18.0. The first kappa shape index (κ1) is 20.9. The fourth-order valence-corrected chi connectivity index (χ4v) is 3.50. The van der Waals surface area contributed by atoms with Crippen LogP contribution < -0.4 is 10.1 Å². The lowest BCUT2D eigenvalue weighted by Gasteiger charge is -2.10. The molecule has 3 aromatic rings. The maximum absolute atomic E-state index is 12.3. The Bertz CT molecular complexity index is 983. The van der Waals surface area contributed by atoms with E-state index in [2.05, 4.69) is 34.6 Å². The van der Waals surface area contributed by atoms with Gasteiger partial charge in [-0.05, 0) is 55.2 Å². The Kier molecular flexibility index (Phi) is 6.93. The smallest absolute Gasteiger partial charge is 0.234 e. The highest BCUT2D eigenvalue weighted by Crippen LogP contribution is 2.21. The molecule has 3 rings (SSSR count). The van der Waals surface area contributed by atoms with E-state index in [1.54, 1.807) is 0 Å². The number of carbonyl (C=O) groups excluding carboxylic acids is 1. The number of aryl methyl sites for hydroxylation is 2. The van der Waals surface area contributed by atoms with Crippen LogP contribution in [0.15, 0.2) is 47.6 Å². The number of nitrogens with one attached hydrogen (secondary N) is 1. The number of carbonyl (C=O) groups is 1. The SMILES string of the molecule is CCc1ccc(OCc2nnc(SCC(=O)Nc3cccc(C)c3C)n2C)cc1. The van der Waals surface area contributed by atoms with Crippen LogP contribution in [0.2, 0.25) is 0 Å². The number of nitrogens with zero attached hydrogens (tertiary/aromatic N) is 3. The molecule has 1 amide bonds. The summed E-state index contributed by atoms with van der Waals surface area (Å²) in [6.07, 6.45) is 1.00. The normalized spacial score (nSPS) is 10.8. The van der Waals surface area contributed by atoms with E-state index < -0.39 is 0 Å². The van der Waals surface area contributed by atoms with Gasteiger partial charge in [0.1, 0.15) is 12.4 Å². The lowest BCUT2D eigenvalue weighted by atomic mass is 10.1. The number of anilines is 1. The van der Waals surface area contributed by atoms with Gasteiger partial charge in [0.25, 0.3) is 0 Å². The minimum absolute atomic E-state index is 0.0690. The molecule has 0 aliphatic heterocycles. The molecule has 2 aromatic carbocycles. The summed E-state index contributed by atoms with van der Waals surface area (Å²) in [7, 11) is 1.88. The number of thioether (sulfide) groups is 1. The van der Waals surface area contributed by atoms with Gasteiger partial charge in [-0.2, -0.15) is 0 Å². The van der Waals surface area contributed by atoms with E-state index in [9.17, 15) is 4.79 Å². The van der Waals surface area contributed by atoms with Crippen LogP contribution in [-0.2, 0) is 24.9 Å². The molecule has 0 bridgehead atoms. The first-order chi connectivity index (χ1) is 14.0. The van der Waals surface area contributed by atoms with E-state index >= 15 is 0 Å². The molecule has 0 unspecified atom stereocenters. The van der Waals surface area contributed by atoms with E-state index in [1.807, 2.05) is 55.8 Å². The second-order valence-corrected chi connectivity index (χ2v) is 7.77. The van der Waals surface area contributed by atoms with Crippen LogP contribution in [0.4, 0.5) is 5.69 Å². The number of rotatable bonds is 8. The Morgan fingerprint density at radius 1 is 1.14 bits per heavy atom. The van der Waals surface area contributed by atoms with Gasteiger partial charge in [0.2, 0.25) is 5.91 Å². The van der Waals surface area contributed by atoms with E-state index in [-0.39, 0.29) is 11.7 Å². The van der Waals surface area contributed by atoms with Crippen molar-refractivity contribution in [1.29, 1.82) is 0 Å². The summed E-state index contributed by atoms with van der Waals surface area (Å²) in [6.45, 7) is 6.48. The summed E-state index contributed by atoms with van der Waals surface area (Å²) in [5.74, 6) is 1.70. The van der Waals surface area contributed by atoms with Gasteiger partial charge in [-0.1, -0.05) is 43.0 Å². The van der Waals surface area contributed by atoms with Crippen molar-refractivity contribution < 1.29 is 9.53 Å². The Balaban J connectivity index is 1.53. The average molecular weight is 411 g/mol. The van der Waals surface area contributed by atoms with E-state index in [1.165, 1.54) is 17.3 Å². The molecule has 152 valence electrons. The molecule has 1 heterocycles. The van der Waals surface area contributed by atoms with Gasteiger partial charge >= 0.3 is 0 Å². The molecule has 0 saturated carbocycles. The third kappa shape index (κ3) is 5.38. The van der Waals surface area contributed by atoms with Crippen molar-refractivity contribution in [1.82, 2.24) is 14.8 Å². The largest absolute Gasteiger partial charge is 0.486 e. The summed E-state index contributed by atoms with van der Waals surface area (Å²) in [5.41, 5.74) is 4.35. The maximum Gasteiger partial charge on any atom is 0.234 e. The Labute approximate surface area is 175 Å². The highest BCUT2D eigenvalue weighted by molar-refractivity contribution is 7.99. The summed E-state index contributed by atoms with van der Waals surface area (Å²) >= 11 is 1.35. The molecule has 0 aliphatic rings. The van der Waals surface area contributed by atoms with Gasteiger partial charge in [-0.3, -0.25) is 4.79 Å². The molecule has 1 N–H and O–H groups in total. The molecular formula is C22H26N4O2S. The minimum atomic E-state index is -0.0690. The molecule has 29 heavy (non-hydrogen) atoms. The van der Waals surface area contributed by atoms with Crippen molar-refractivity contribution in [2.45, 2.75) is 39.0 Å². The third-order valence-corrected chi connectivity index (χ3v) is 5.86. The van der Waals surface area contributed by atoms with Gasteiger partial charge in [0.05, 0.1) is 5.75 Å². The highest BCUT2D eigenvalue weighted by Gasteiger charge is 2.13. The predicted molar refractivity (Wildman–Crippen MR) is 116 cm³/mol. The number of hydrogen-bond donors (Lipinski definition) is 1. The average Bonchev–Trinajstić information content (AvgIpc) is 3.08. The summed E-state index contributed by atoms with van der Waals surface area (Å²) in [4.78, 5) is 12.3. The number of benzene rings is 2. The van der Waals surface area contributed by atoms with Crippen LogP contribution in [0.3, 0.4) is 0 Å². The molecule has 1 aromatic heterocycles. The van der Waals surface area contributed by atoms with E-state index in [0.717, 1.165) is 29.0 Å². The Morgan fingerprint density at radius 3 is 2.62 bits per heavy atom. The fraction of sp³-hybridized carbons (Fsp3) is 0.318. The lowest BCUT2D eigenvalue weighted by Crippen LogP contribution is -2.15. The van der Waals surface area contributed by atoms with Crippen molar-refractivity contribution >= 4 is 23.4 Å². The van der Waals surface area contributed by atoms with E-state index in [0.29, 0.717) is 17.6 Å². The molecule has 0 aliphatic carbocycles. The molecule has 7 heteroatoms. The maximum atomic E-state index is 12.3. The van der Waals surface area contributed by atoms with Crippen LogP contribution in [0.5, 0.6) is 5.75 Å². The fourth-order valence-electron chi connectivity index (χ4n) is 2.77. The van der Waals surface area contributed by atoms with Gasteiger partial charge in [-0.25, -0.2) is 0 Å². The van der Waals surface area contributed by atoms with Gasteiger partial charge < -0.3 is 14.6 Å². The highest BCUT2D eigenvalue weighted by atomic mass is 32.2. The molecule has 0 fully saturated rings. The van der Waals surface area contributed by atoms with Crippen LogP contribution in [-0.4, -0.2) is 26.4 Å². The molecule has 0 atom stereocenters. The number of aromatic nitrogens is 3. The quantitative estimate of drug-likeness (QED) is 0.561. The zero-order chi connectivity index (χ0) is 20.8. The van der Waals surface area contributed by atoms with Gasteiger partial charge in [-0.15, -0.1) is 10.2 Å². The summed E-state index contributed by atoms with van der Waals surface area (Å²) in [6, 6.07) is 13.9. The standard InChI is InChI=1S/C22H26N4O2S/c1-5-17-9-11-18(12-10-17)28-13-20-24-25-22(26(20)4)29-14-21(27)23-19-8-6-7-15(2)16(19)3/h6-12H,5,13-14H2,1-4H3,(H,23,27). The molecule has 6 nitrogen and oxygen atoms in total. The van der Waals surface area contributed by atoms with Crippen LogP contribution in [0, 0.1) is 13.8 Å². The molecular weight excluding hydrogens is 384 g/mol. The topological polar surface area (TPSA) is 69.0 Å². The monoisotopic (exact) mass is 410 g/mol. The predicted octanol–water partition coefficient (Wildman–Crippen LogP) is 4.30. The first-order valence-electron chi connectivity index (χ1n) is 9.56. The molecule has 0 spiro atoms. The van der Waals surface area contributed by atoms with Crippen LogP contribution in [0.1, 0.15) is 29.4 Å². The van der Waals surface area contributed by atoms with Crippen LogP contribution in [0.25, 0.3) is 0 Å². The third-order valence-electron chi connectivity index (χ3n) is 4.84. The lowest BCUT2D eigenvalue weighted by molar-refractivity contribution is -0.113. The first-order valence-corrected chi connectivity index (χ1v) is 10.6. The summed E-state index contributed by atoms with van der Waals surface area (Å²) in [5, 5.41) is 12.0. The number of hydrogen-bond acceptors (Lipinski definition) is 5. The van der Waals surface area contributed by atoms with Crippen molar-refractivity contribution in [3.8, 4) is 5.75 Å². The van der Waals surface area contributed by atoms with Crippen molar-refractivity contribution in [3.63, 3.8) is 0 Å². The van der Waals surface area contributed by atoms with Crippen molar-refractivity contribution in [2.24, 2.45) is 7.05 Å². The van der Waals surface area contributed by atoms with Gasteiger partial charge in [0, 0.05) is 12.7 Å². The van der Waals surface area contributed by atoms with Crippen molar-refractivity contribution in [2.75, 3.05) is 11.1 Å². The van der Waals surface area contributed by atoms with E-state index in [4.69, 9.17) is 4.74 Å². The minimum Gasteiger partial charge on any atom is -0.486 e. The van der Waals surface area contributed by atoms with Gasteiger partial charge in [0.15, 0.2) is 11.0 Å². The Morgan fingerprint density at radius 2 is 1.90 bits per heavy atom. The van der Waals surface area contributed by atoms with Crippen LogP contribution >= 0.6 is 11.8 Å². The second kappa shape index (κ2) is 9.60. The zero-order valence-electron chi connectivity index (χ0n) is 17.2. The molecule has 0 radical (unpaired) electrons. The second-order valence-electron chi connectivity index (χ2n) is 6.83.